The third-order valence-corrected chi connectivity index (χ3v) is 1.53. The van der Waals surface area contributed by atoms with E-state index in [1.165, 1.54) is 0 Å². The summed E-state index contributed by atoms with van der Waals surface area (Å²) in [5, 5.41) is 12.3. The lowest BCUT2D eigenvalue weighted by atomic mass is 9.93. The van der Waals surface area contributed by atoms with E-state index in [1.54, 1.807) is 0 Å². The minimum absolute atomic E-state index is 0.00667. The molecule has 0 atom stereocenters. The van der Waals surface area contributed by atoms with Crippen molar-refractivity contribution in [2.75, 3.05) is 13.2 Å². The molecule has 0 bridgehead atoms. The number of hydrogen-bond acceptors (Lipinski definition) is 2. The molecule has 11 heavy (non-hydrogen) atoms. The topological polar surface area (TPSA) is 32.3 Å². The maximum absolute atomic E-state index is 8.95. The van der Waals surface area contributed by atoms with Gasteiger partial charge in [-0.05, 0) is 20.8 Å². The highest BCUT2D eigenvalue weighted by Gasteiger charge is 2.19. The fourth-order valence-electron chi connectivity index (χ4n) is 0.560. The van der Waals surface area contributed by atoms with Gasteiger partial charge >= 0.3 is 0 Å². The molecule has 0 aromatic heterocycles. The van der Waals surface area contributed by atoms with E-state index in [2.05, 4.69) is 26.1 Å². The molecule has 68 valence electrons. The molecule has 0 aliphatic carbocycles. The van der Waals surface area contributed by atoms with Gasteiger partial charge in [-0.15, -0.1) is 0 Å². The molecule has 0 heterocycles. The van der Waals surface area contributed by atoms with Crippen molar-refractivity contribution in [1.29, 1.82) is 0 Å². The third-order valence-electron chi connectivity index (χ3n) is 1.53. The largest absolute Gasteiger partial charge is 0.396 e. The van der Waals surface area contributed by atoms with E-state index in [0.29, 0.717) is 0 Å². The number of hydrogen-bond donors (Lipinski definition) is 2. The summed E-state index contributed by atoms with van der Waals surface area (Å²) in [6, 6.07) is 0. The number of nitrogens with one attached hydrogen (secondary N) is 1. The van der Waals surface area contributed by atoms with Crippen LogP contribution in [-0.2, 0) is 0 Å². The molecular weight excluding hydrogens is 138 g/mol. The Bertz CT molecular complexity index is 113. The molecule has 0 aromatic carbocycles. The van der Waals surface area contributed by atoms with E-state index < -0.39 is 0 Å². The van der Waals surface area contributed by atoms with Gasteiger partial charge in [0.05, 0.1) is 0 Å². The zero-order valence-electron chi connectivity index (χ0n) is 8.36. The van der Waals surface area contributed by atoms with Crippen LogP contribution in [0.1, 0.15) is 34.6 Å². The highest BCUT2D eigenvalue weighted by molar-refractivity contribution is 4.77. The Hall–Kier alpha value is -0.0800. The van der Waals surface area contributed by atoms with Crippen LogP contribution in [0.3, 0.4) is 0 Å². The Labute approximate surface area is 70.0 Å². The summed E-state index contributed by atoms with van der Waals surface area (Å²) in [5.41, 5.74) is 0.139. The van der Waals surface area contributed by atoms with Crippen molar-refractivity contribution in [1.82, 2.24) is 5.32 Å². The van der Waals surface area contributed by atoms with Crippen LogP contribution in [0.25, 0.3) is 0 Å². The quantitative estimate of drug-likeness (QED) is 0.652. The molecule has 2 heteroatoms. The van der Waals surface area contributed by atoms with Gasteiger partial charge in [0.1, 0.15) is 0 Å². The molecular formula is C9H21NO. The highest BCUT2D eigenvalue weighted by atomic mass is 16.3. The van der Waals surface area contributed by atoms with E-state index in [4.69, 9.17) is 5.11 Å². The molecule has 0 spiro atoms. The molecule has 0 aliphatic heterocycles. The van der Waals surface area contributed by atoms with Gasteiger partial charge in [-0.2, -0.15) is 0 Å². The fraction of sp³-hybridized carbons (Fsp3) is 1.00. The highest BCUT2D eigenvalue weighted by Crippen LogP contribution is 2.13. The molecule has 2 nitrogen and oxygen atoms in total. The van der Waals surface area contributed by atoms with E-state index in [-0.39, 0.29) is 17.6 Å². The lowest BCUT2D eigenvalue weighted by Gasteiger charge is -2.28. The van der Waals surface area contributed by atoms with Crippen molar-refractivity contribution in [2.24, 2.45) is 5.41 Å². The SMILES string of the molecule is CC(C)(CO)CNC(C)(C)C. The van der Waals surface area contributed by atoms with Gasteiger partial charge in [-0.3, -0.25) is 0 Å². The van der Waals surface area contributed by atoms with Crippen LogP contribution in [0.15, 0.2) is 0 Å². The van der Waals surface area contributed by atoms with Crippen LogP contribution >= 0.6 is 0 Å². The Morgan fingerprint density at radius 1 is 1.09 bits per heavy atom. The number of rotatable bonds is 3. The maximum Gasteiger partial charge on any atom is 0.0494 e. The van der Waals surface area contributed by atoms with Crippen LogP contribution in [0.4, 0.5) is 0 Å². The molecule has 0 rings (SSSR count). The fourth-order valence-corrected chi connectivity index (χ4v) is 0.560. The minimum atomic E-state index is -0.00667. The lowest BCUT2D eigenvalue weighted by molar-refractivity contribution is 0.148. The molecule has 0 saturated carbocycles. The summed E-state index contributed by atoms with van der Waals surface area (Å²) in [4.78, 5) is 0. The van der Waals surface area contributed by atoms with E-state index in [9.17, 15) is 0 Å². The first-order valence-corrected chi connectivity index (χ1v) is 4.13. The van der Waals surface area contributed by atoms with Crippen molar-refractivity contribution in [3.63, 3.8) is 0 Å². The molecule has 0 aliphatic rings. The number of aliphatic hydroxyl groups is 1. The van der Waals surface area contributed by atoms with Gasteiger partial charge in [0.15, 0.2) is 0 Å². The molecule has 0 aromatic rings. The summed E-state index contributed by atoms with van der Waals surface area (Å²) >= 11 is 0. The van der Waals surface area contributed by atoms with Crippen LogP contribution in [0.5, 0.6) is 0 Å². The summed E-state index contributed by atoms with van der Waals surface area (Å²) < 4.78 is 0. The summed E-state index contributed by atoms with van der Waals surface area (Å²) in [5.74, 6) is 0. The van der Waals surface area contributed by atoms with Gasteiger partial charge in [0.2, 0.25) is 0 Å². The summed E-state index contributed by atoms with van der Waals surface area (Å²) in [6.45, 7) is 11.6. The second-order valence-corrected chi connectivity index (χ2v) is 4.93. The Kier molecular flexibility index (Phi) is 3.52. The first-order valence-electron chi connectivity index (χ1n) is 4.13. The summed E-state index contributed by atoms with van der Waals surface area (Å²) in [6.07, 6.45) is 0. The molecule has 0 fully saturated rings. The molecule has 0 saturated heterocycles. The van der Waals surface area contributed by atoms with Crippen molar-refractivity contribution in [2.45, 2.75) is 40.2 Å². The monoisotopic (exact) mass is 159 g/mol. The van der Waals surface area contributed by atoms with Gasteiger partial charge in [0.25, 0.3) is 0 Å². The van der Waals surface area contributed by atoms with Gasteiger partial charge < -0.3 is 10.4 Å². The Balaban J connectivity index is 3.70. The molecule has 2 N–H and O–H groups in total. The van der Waals surface area contributed by atoms with Crippen LogP contribution < -0.4 is 5.32 Å². The Morgan fingerprint density at radius 2 is 1.55 bits per heavy atom. The van der Waals surface area contributed by atoms with Crippen LogP contribution in [0, 0.1) is 5.41 Å². The molecule has 0 amide bonds. The van der Waals surface area contributed by atoms with E-state index in [1.807, 2.05) is 13.8 Å². The van der Waals surface area contributed by atoms with E-state index >= 15 is 0 Å². The lowest BCUT2D eigenvalue weighted by Crippen LogP contribution is -2.43. The standard InChI is InChI=1S/C9H21NO/c1-8(2,3)10-6-9(4,5)7-11/h10-11H,6-7H2,1-5H3. The second kappa shape index (κ2) is 3.55. The van der Waals surface area contributed by atoms with Gasteiger partial charge in [-0.1, -0.05) is 13.8 Å². The Morgan fingerprint density at radius 3 is 1.82 bits per heavy atom. The zero-order chi connectivity index (χ0) is 9.12. The predicted molar refractivity (Wildman–Crippen MR) is 48.6 cm³/mol. The first-order chi connectivity index (χ1) is 4.77. The van der Waals surface area contributed by atoms with Gasteiger partial charge in [-0.25, -0.2) is 0 Å². The van der Waals surface area contributed by atoms with Crippen molar-refractivity contribution >= 4 is 0 Å². The third kappa shape index (κ3) is 6.32. The van der Waals surface area contributed by atoms with Crippen molar-refractivity contribution < 1.29 is 5.11 Å². The maximum atomic E-state index is 8.95. The smallest absolute Gasteiger partial charge is 0.0494 e. The molecule has 0 unspecified atom stereocenters. The minimum Gasteiger partial charge on any atom is -0.396 e. The second-order valence-electron chi connectivity index (χ2n) is 4.93. The van der Waals surface area contributed by atoms with Crippen LogP contribution in [0.2, 0.25) is 0 Å². The van der Waals surface area contributed by atoms with Crippen molar-refractivity contribution in [3.05, 3.63) is 0 Å². The summed E-state index contributed by atoms with van der Waals surface area (Å²) in [7, 11) is 0. The zero-order valence-corrected chi connectivity index (χ0v) is 8.36. The average molecular weight is 159 g/mol. The predicted octanol–water partition coefficient (Wildman–Crippen LogP) is 1.39. The first kappa shape index (κ1) is 10.9. The normalized spacial score (nSPS) is 13.6. The van der Waals surface area contributed by atoms with Gasteiger partial charge in [0, 0.05) is 24.1 Å². The molecule has 0 radical (unpaired) electrons. The number of aliphatic hydroxyl groups excluding tert-OH is 1. The average Bonchev–Trinajstić information content (AvgIpc) is 1.83. The van der Waals surface area contributed by atoms with E-state index in [0.717, 1.165) is 6.54 Å². The van der Waals surface area contributed by atoms with Crippen LogP contribution in [-0.4, -0.2) is 23.8 Å². The van der Waals surface area contributed by atoms with Crippen molar-refractivity contribution in [3.8, 4) is 0 Å².